The quantitative estimate of drug-likeness (QED) is 0.679. The molecule has 0 bridgehead atoms. The first-order valence-corrected chi connectivity index (χ1v) is 5.98. The van der Waals surface area contributed by atoms with Crippen molar-refractivity contribution in [2.75, 3.05) is 19.8 Å². The first kappa shape index (κ1) is 16.9. The first-order chi connectivity index (χ1) is 8.27. The second kappa shape index (κ2) is 6.70. The SMILES string of the molecule is CCOC(=O)C(C)(O)C(C)(OCC)C(=O)OCC. The molecule has 2 unspecified atom stereocenters. The maximum atomic E-state index is 11.9. The molecule has 0 aromatic heterocycles. The molecule has 0 spiro atoms. The summed E-state index contributed by atoms with van der Waals surface area (Å²) in [7, 11) is 0. The van der Waals surface area contributed by atoms with Gasteiger partial charge in [0.25, 0.3) is 0 Å². The van der Waals surface area contributed by atoms with Crippen molar-refractivity contribution < 1.29 is 28.9 Å². The molecule has 0 heterocycles. The molecular formula is C12H22O6. The van der Waals surface area contributed by atoms with Crippen LogP contribution in [0.1, 0.15) is 34.6 Å². The van der Waals surface area contributed by atoms with Crippen LogP contribution in [0.25, 0.3) is 0 Å². The van der Waals surface area contributed by atoms with Crippen LogP contribution < -0.4 is 0 Å². The number of esters is 2. The van der Waals surface area contributed by atoms with E-state index in [1.165, 1.54) is 13.8 Å². The molecule has 2 atom stereocenters. The molecule has 0 amide bonds. The van der Waals surface area contributed by atoms with Crippen molar-refractivity contribution in [3.8, 4) is 0 Å². The molecule has 0 aromatic rings. The van der Waals surface area contributed by atoms with E-state index in [9.17, 15) is 14.7 Å². The summed E-state index contributed by atoms with van der Waals surface area (Å²) in [5.74, 6) is -1.72. The average Bonchev–Trinajstić information content (AvgIpc) is 2.29. The predicted octanol–water partition coefficient (Wildman–Crippen LogP) is 0.659. The Morgan fingerprint density at radius 2 is 1.39 bits per heavy atom. The van der Waals surface area contributed by atoms with E-state index in [1.807, 2.05) is 0 Å². The van der Waals surface area contributed by atoms with E-state index in [1.54, 1.807) is 20.8 Å². The smallest absolute Gasteiger partial charge is 0.341 e. The number of aliphatic hydroxyl groups is 1. The zero-order valence-electron chi connectivity index (χ0n) is 11.6. The van der Waals surface area contributed by atoms with E-state index < -0.39 is 23.1 Å². The largest absolute Gasteiger partial charge is 0.464 e. The van der Waals surface area contributed by atoms with E-state index in [4.69, 9.17) is 14.2 Å². The van der Waals surface area contributed by atoms with E-state index in [0.717, 1.165) is 0 Å². The summed E-state index contributed by atoms with van der Waals surface area (Å²) >= 11 is 0. The molecular weight excluding hydrogens is 240 g/mol. The molecule has 18 heavy (non-hydrogen) atoms. The third-order valence-electron chi connectivity index (χ3n) is 2.70. The fourth-order valence-electron chi connectivity index (χ4n) is 1.42. The Hall–Kier alpha value is -1.14. The molecule has 6 heteroatoms. The van der Waals surface area contributed by atoms with E-state index >= 15 is 0 Å². The third-order valence-corrected chi connectivity index (χ3v) is 2.70. The standard InChI is InChI=1S/C12H22O6/c1-6-16-9(13)11(4,15)12(5,18-8-3)10(14)17-7-2/h15H,6-8H2,1-5H3. The molecule has 6 nitrogen and oxygen atoms in total. The number of rotatable bonds is 7. The highest BCUT2D eigenvalue weighted by atomic mass is 16.6. The molecule has 1 N–H and O–H groups in total. The van der Waals surface area contributed by atoms with Gasteiger partial charge in [-0.25, -0.2) is 9.59 Å². The molecule has 0 aromatic carbocycles. The van der Waals surface area contributed by atoms with Gasteiger partial charge in [0.15, 0.2) is 5.60 Å². The number of hydrogen-bond acceptors (Lipinski definition) is 6. The third kappa shape index (κ3) is 3.20. The van der Waals surface area contributed by atoms with Gasteiger partial charge in [0.1, 0.15) is 0 Å². The average molecular weight is 262 g/mol. The van der Waals surface area contributed by atoms with Gasteiger partial charge in [-0.3, -0.25) is 0 Å². The Kier molecular flexibility index (Phi) is 6.28. The first-order valence-electron chi connectivity index (χ1n) is 5.98. The molecule has 0 aliphatic heterocycles. The number of hydrogen-bond donors (Lipinski definition) is 1. The van der Waals surface area contributed by atoms with Crippen LogP contribution in [-0.4, -0.2) is 48.1 Å². The van der Waals surface area contributed by atoms with Gasteiger partial charge < -0.3 is 19.3 Å². The number of carbonyl (C=O) groups excluding carboxylic acids is 2. The van der Waals surface area contributed by atoms with Gasteiger partial charge in [0.2, 0.25) is 5.60 Å². The van der Waals surface area contributed by atoms with Crippen LogP contribution in [0.4, 0.5) is 0 Å². The van der Waals surface area contributed by atoms with Crippen LogP contribution in [0, 0.1) is 0 Å². The summed E-state index contributed by atoms with van der Waals surface area (Å²) in [4.78, 5) is 23.6. The van der Waals surface area contributed by atoms with E-state index in [-0.39, 0.29) is 19.8 Å². The maximum Gasteiger partial charge on any atom is 0.341 e. The zero-order chi connectivity index (χ0) is 14.4. The summed E-state index contributed by atoms with van der Waals surface area (Å²) in [6.45, 7) is 7.74. The van der Waals surface area contributed by atoms with Crippen molar-refractivity contribution in [2.45, 2.75) is 45.8 Å². The summed E-state index contributed by atoms with van der Waals surface area (Å²) in [5.41, 5.74) is -3.92. The van der Waals surface area contributed by atoms with Crippen molar-refractivity contribution >= 4 is 11.9 Å². The summed E-state index contributed by atoms with van der Waals surface area (Å²) in [6, 6.07) is 0. The summed E-state index contributed by atoms with van der Waals surface area (Å²) in [6.07, 6.45) is 0. The Morgan fingerprint density at radius 1 is 0.944 bits per heavy atom. The Morgan fingerprint density at radius 3 is 1.78 bits per heavy atom. The van der Waals surface area contributed by atoms with E-state index in [0.29, 0.717) is 0 Å². The normalized spacial score (nSPS) is 17.4. The molecule has 0 saturated carbocycles. The van der Waals surface area contributed by atoms with Gasteiger partial charge in [-0.05, 0) is 34.6 Å². The molecule has 0 fully saturated rings. The highest BCUT2D eigenvalue weighted by Gasteiger charge is 2.57. The number of carbonyl (C=O) groups is 2. The maximum absolute atomic E-state index is 11.9. The molecule has 0 saturated heterocycles. The molecule has 0 radical (unpaired) electrons. The minimum Gasteiger partial charge on any atom is -0.464 e. The second-order valence-corrected chi connectivity index (χ2v) is 3.98. The summed E-state index contributed by atoms with van der Waals surface area (Å²) in [5, 5.41) is 10.3. The van der Waals surface area contributed by atoms with Gasteiger partial charge >= 0.3 is 11.9 Å². The van der Waals surface area contributed by atoms with E-state index in [2.05, 4.69) is 0 Å². The van der Waals surface area contributed by atoms with Crippen molar-refractivity contribution in [2.24, 2.45) is 0 Å². The van der Waals surface area contributed by atoms with Crippen LogP contribution in [0.15, 0.2) is 0 Å². The fraction of sp³-hybridized carbons (Fsp3) is 0.833. The Labute approximate surface area is 107 Å². The summed E-state index contributed by atoms with van der Waals surface area (Å²) < 4.78 is 14.8. The predicted molar refractivity (Wildman–Crippen MR) is 63.9 cm³/mol. The fourth-order valence-corrected chi connectivity index (χ4v) is 1.42. The molecule has 0 rings (SSSR count). The minimum absolute atomic E-state index is 0.0972. The zero-order valence-corrected chi connectivity index (χ0v) is 11.6. The van der Waals surface area contributed by atoms with Gasteiger partial charge in [-0.1, -0.05) is 0 Å². The monoisotopic (exact) mass is 262 g/mol. The Bertz CT molecular complexity index is 299. The van der Waals surface area contributed by atoms with Gasteiger partial charge in [0.05, 0.1) is 13.2 Å². The highest BCUT2D eigenvalue weighted by Crippen LogP contribution is 2.29. The highest BCUT2D eigenvalue weighted by molar-refractivity contribution is 5.92. The minimum atomic E-state index is -2.12. The lowest BCUT2D eigenvalue weighted by atomic mass is 9.85. The van der Waals surface area contributed by atoms with Crippen molar-refractivity contribution in [1.29, 1.82) is 0 Å². The van der Waals surface area contributed by atoms with Crippen molar-refractivity contribution in [3.63, 3.8) is 0 Å². The Balaban J connectivity index is 5.30. The molecule has 0 aliphatic rings. The van der Waals surface area contributed by atoms with Crippen LogP contribution in [0.2, 0.25) is 0 Å². The number of ether oxygens (including phenoxy) is 3. The van der Waals surface area contributed by atoms with Crippen LogP contribution >= 0.6 is 0 Å². The van der Waals surface area contributed by atoms with Crippen LogP contribution in [0.3, 0.4) is 0 Å². The lowest BCUT2D eigenvalue weighted by Gasteiger charge is -2.37. The van der Waals surface area contributed by atoms with Crippen molar-refractivity contribution in [3.05, 3.63) is 0 Å². The van der Waals surface area contributed by atoms with Gasteiger partial charge in [-0.15, -0.1) is 0 Å². The van der Waals surface area contributed by atoms with Crippen LogP contribution in [-0.2, 0) is 23.8 Å². The second-order valence-electron chi connectivity index (χ2n) is 3.98. The lowest BCUT2D eigenvalue weighted by Crippen LogP contribution is -2.62. The lowest BCUT2D eigenvalue weighted by molar-refractivity contribution is -0.216. The molecule has 0 aliphatic carbocycles. The van der Waals surface area contributed by atoms with Gasteiger partial charge in [-0.2, -0.15) is 0 Å². The topological polar surface area (TPSA) is 82.1 Å². The molecule has 106 valence electrons. The van der Waals surface area contributed by atoms with Gasteiger partial charge in [0, 0.05) is 6.61 Å². The van der Waals surface area contributed by atoms with Crippen molar-refractivity contribution in [1.82, 2.24) is 0 Å². The van der Waals surface area contributed by atoms with Crippen LogP contribution in [0.5, 0.6) is 0 Å².